The SMILES string of the molecule is CSc1nc2n(n1)[C@H](c1ccc([N+](=O)[O-])cc1)C1=C(C[C@@H](C)CC1=O)N2. The third kappa shape index (κ3) is 2.68. The van der Waals surface area contributed by atoms with Crippen molar-refractivity contribution in [2.45, 2.75) is 31.0 Å². The van der Waals surface area contributed by atoms with Gasteiger partial charge in [-0.2, -0.15) is 4.98 Å². The fourth-order valence-corrected chi connectivity index (χ4v) is 3.91. The first kappa shape index (κ1) is 16.8. The molecule has 1 aromatic carbocycles. The summed E-state index contributed by atoms with van der Waals surface area (Å²) in [6.45, 7) is 2.05. The Balaban J connectivity index is 1.86. The van der Waals surface area contributed by atoms with E-state index in [1.165, 1.54) is 23.9 Å². The van der Waals surface area contributed by atoms with Crippen LogP contribution in [0.4, 0.5) is 11.6 Å². The predicted octanol–water partition coefficient (Wildman–Crippen LogP) is 3.18. The van der Waals surface area contributed by atoms with Crippen molar-refractivity contribution >= 4 is 29.2 Å². The van der Waals surface area contributed by atoms with Gasteiger partial charge in [0.1, 0.15) is 6.04 Å². The van der Waals surface area contributed by atoms with E-state index in [9.17, 15) is 14.9 Å². The number of fused-ring (bicyclic) bond motifs is 1. The van der Waals surface area contributed by atoms with Gasteiger partial charge in [0, 0.05) is 29.8 Å². The molecule has 2 aromatic rings. The van der Waals surface area contributed by atoms with Crippen molar-refractivity contribution in [2.24, 2.45) is 5.92 Å². The van der Waals surface area contributed by atoms with Crippen LogP contribution in [0, 0.1) is 16.0 Å². The summed E-state index contributed by atoms with van der Waals surface area (Å²) in [5.74, 6) is 0.945. The second-order valence-corrected chi connectivity index (χ2v) is 7.35. The maximum absolute atomic E-state index is 12.8. The van der Waals surface area contributed by atoms with E-state index in [0.717, 1.165) is 17.7 Å². The Hall–Kier alpha value is -2.68. The van der Waals surface area contributed by atoms with Crippen LogP contribution in [0.15, 0.2) is 40.7 Å². The summed E-state index contributed by atoms with van der Waals surface area (Å²) >= 11 is 1.42. The average molecular weight is 371 g/mol. The van der Waals surface area contributed by atoms with Crippen LogP contribution in [0.1, 0.15) is 31.4 Å². The fraction of sp³-hybridized carbons (Fsp3) is 0.353. The van der Waals surface area contributed by atoms with E-state index in [0.29, 0.717) is 23.1 Å². The highest BCUT2D eigenvalue weighted by Gasteiger charge is 2.38. The van der Waals surface area contributed by atoms with Crippen molar-refractivity contribution in [3.63, 3.8) is 0 Å². The number of rotatable bonds is 3. The Kier molecular flexibility index (Phi) is 4.03. The summed E-state index contributed by atoms with van der Waals surface area (Å²) in [5, 5.41) is 19.3. The number of allylic oxidation sites excluding steroid dienone is 2. The topological polar surface area (TPSA) is 103 Å². The molecule has 8 nitrogen and oxygen atoms in total. The predicted molar refractivity (Wildman–Crippen MR) is 97.1 cm³/mol. The highest BCUT2D eigenvalue weighted by Crippen LogP contribution is 2.41. The van der Waals surface area contributed by atoms with Gasteiger partial charge in [0.05, 0.1) is 4.92 Å². The number of nitro groups is 1. The molecule has 0 saturated heterocycles. The molecule has 0 spiro atoms. The van der Waals surface area contributed by atoms with E-state index in [-0.39, 0.29) is 17.4 Å². The van der Waals surface area contributed by atoms with Crippen LogP contribution in [-0.2, 0) is 4.79 Å². The monoisotopic (exact) mass is 371 g/mol. The summed E-state index contributed by atoms with van der Waals surface area (Å²) in [5.41, 5.74) is 2.36. The number of nitrogens with one attached hydrogen (secondary N) is 1. The summed E-state index contributed by atoms with van der Waals surface area (Å²) in [7, 11) is 0. The Morgan fingerprint density at radius 1 is 1.31 bits per heavy atom. The van der Waals surface area contributed by atoms with Crippen LogP contribution in [0.2, 0.25) is 0 Å². The number of nitrogens with zero attached hydrogens (tertiary/aromatic N) is 4. The van der Waals surface area contributed by atoms with Gasteiger partial charge in [0.15, 0.2) is 5.78 Å². The number of Topliss-reactive ketones (excluding diaryl/α,β-unsaturated/α-hetero) is 1. The molecule has 0 radical (unpaired) electrons. The molecule has 0 saturated carbocycles. The number of hydrogen-bond donors (Lipinski definition) is 1. The van der Waals surface area contributed by atoms with Crippen LogP contribution < -0.4 is 5.32 Å². The smallest absolute Gasteiger partial charge is 0.269 e. The fourth-order valence-electron chi connectivity index (χ4n) is 3.56. The summed E-state index contributed by atoms with van der Waals surface area (Å²) in [6.07, 6.45) is 3.15. The van der Waals surface area contributed by atoms with Crippen LogP contribution >= 0.6 is 11.8 Å². The van der Waals surface area contributed by atoms with Crippen molar-refractivity contribution in [2.75, 3.05) is 11.6 Å². The van der Waals surface area contributed by atoms with Gasteiger partial charge >= 0.3 is 0 Å². The number of nitro benzene ring substituents is 1. The van der Waals surface area contributed by atoms with E-state index >= 15 is 0 Å². The molecule has 1 aromatic heterocycles. The maximum Gasteiger partial charge on any atom is 0.269 e. The van der Waals surface area contributed by atoms with Gasteiger partial charge in [-0.15, -0.1) is 5.10 Å². The second kappa shape index (κ2) is 6.24. The molecule has 2 atom stereocenters. The zero-order valence-corrected chi connectivity index (χ0v) is 15.1. The molecule has 2 heterocycles. The van der Waals surface area contributed by atoms with E-state index in [4.69, 9.17) is 0 Å². The lowest BCUT2D eigenvalue weighted by atomic mass is 9.81. The van der Waals surface area contributed by atoms with E-state index in [1.54, 1.807) is 16.8 Å². The molecule has 2 aliphatic rings. The van der Waals surface area contributed by atoms with E-state index in [1.807, 2.05) is 6.26 Å². The number of hydrogen-bond acceptors (Lipinski definition) is 7. The van der Waals surface area contributed by atoms with E-state index < -0.39 is 11.0 Å². The third-order valence-corrected chi connectivity index (χ3v) is 5.24. The number of anilines is 1. The Morgan fingerprint density at radius 2 is 2.04 bits per heavy atom. The van der Waals surface area contributed by atoms with Crippen molar-refractivity contribution < 1.29 is 9.72 Å². The van der Waals surface area contributed by atoms with Crippen molar-refractivity contribution in [3.8, 4) is 0 Å². The van der Waals surface area contributed by atoms with Gasteiger partial charge in [-0.1, -0.05) is 18.7 Å². The molecule has 9 heteroatoms. The zero-order valence-electron chi connectivity index (χ0n) is 14.3. The van der Waals surface area contributed by atoms with Crippen LogP contribution in [0.5, 0.6) is 0 Å². The minimum absolute atomic E-state index is 0.0177. The molecular weight excluding hydrogens is 354 g/mol. The Morgan fingerprint density at radius 3 is 2.69 bits per heavy atom. The average Bonchev–Trinajstić information content (AvgIpc) is 3.02. The summed E-state index contributed by atoms with van der Waals surface area (Å²) < 4.78 is 1.71. The maximum atomic E-state index is 12.8. The second-order valence-electron chi connectivity index (χ2n) is 6.57. The number of ketones is 1. The van der Waals surface area contributed by atoms with Gasteiger partial charge in [-0.05, 0) is 36.3 Å². The first-order chi connectivity index (χ1) is 12.5. The molecule has 0 unspecified atom stereocenters. The minimum Gasteiger partial charge on any atom is -0.328 e. The lowest BCUT2D eigenvalue weighted by Crippen LogP contribution is -2.33. The Labute approximate surface area is 153 Å². The van der Waals surface area contributed by atoms with Crippen LogP contribution in [0.25, 0.3) is 0 Å². The molecule has 0 amide bonds. The minimum atomic E-state index is -0.433. The number of carbonyl (C=O) groups is 1. The van der Waals surface area contributed by atoms with E-state index in [2.05, 4.69) is 22.3 Å². The number of thioether (sulfide) groups is 1. The molecule has 134 valence electrons. The zero-order chi connectivity index (χ0) is 18.4. The quantitative estimate of drug-likeness (QED) is 0.502. The standard InChI is InChI=1S/C17H17N5O3S/c1-9-7-12-14(13(23)8-9)15(10-3-5-11(6-4-10)22(24)25)21-16(18-12)19-17(20-21)26-2/h3-6,9,15H,7-8H2,1-2H3,(H,18,19,20)/t9-,15-/m1/s1. The highest BCUT2D eigenvalue weighted by molar-refractivity contribution is 7.98. The van der Waals surface area contributed by atoms with Crippen LogP contribution in [-0.4, -0.2) is 31.7 Å². The lowest BCUT2D eigenvalue weighted by Gasteiger charge is -2.34. The number of carbonyl (C=O) groups excluding carboxylic acids is 1. The Bertz CT molecular complexity index is 934. The molecule has 0 bridgehead atoms. The van der Waals surface area contributed by atoms with Gasteiger partial charge < -0.3 is 5.32 Å². The molecule has 0 fully saturated rings. The van der Waals surface area contributed by atoms with Crippen molar-refractivity contribution in [1.29, 1.82) is 0 Å². The summed E-state index contributed by atoms with van der Waals surface area (Å²) in [6, 6.07) is 5.87. The molecule has 1 N–H and O–H groups in total. The summed E-state index contributed by atoms with van der Waals surface area (Å²) in [4.78, 5) is 27.8. The van der Waals surface area contributed by atoms with Gasteiger partial charge in [0.2, 0.25) is 11.1 Å². The van der Waals surface area contributed by atoms with Gasteiger partial charge in [-0.3, -0.25) is 14.9 Å². The molecule has 1 aliphatic heterocycles. The third-order valence-electron chi connectivity index (χ3n) is 4.71. The molecular formula is C17H17N5O3S. The molecule has 1 aliphatic carbocycles. The molecule has 26 heavy (non-hydrogen) atoms. The first-order valence-electron chi connectivity index (χ1n) is 8.26. The lowest BCUT2D eigenvalue weighted by molar-refractivity contribution is -0.384. The molecule has 4 rings (SSSR count). The van der Waals surface area contributed by atoms with Crippen LogP contribution in [0.3, 0.4) is 0 Å². The van der Waals surface area contributed by atoms with Crippen molar-refractivity contribution in [1.82, 2.24) is 14.8 Å². The number of benzene rings is 1. The first-order valence-corrected chi connectivity index (χ1v) is 9.48. The van der Waals surface area contributed by atoms with Gasteiger partial charge in [0.25, 0.3) is 5.69 Å². The normalized spacial score (nSPS) is 21.8. The largest absolute Gasteiger partial charge is 0.328 e. The number of non-ortho nitro benzene ring substituents is 1. The number of aromatic nitrogens is 3. The highest BCUT2D eigenvalue weighted by atomic mass is 32.2. The van der Waals surface area contributed by atoms with Gasteiger partial charge in [-0.25, -0.2) is 4.68 Å². The van der Waals surface area contributed by atoms with Crippen molar-refractivity contribution in [3.05, 3.63) is 51.2 Å².